The topological polar surface area (TPSA) is 65.1 Å². The number of imidazole rings is 1. The lowest BCUT2D eigenvalue weighted by Crippen LogP contribution is -2.36. The van der Waals surface area contributed by atoms with Crippen molar-refractivity contribution >= 4 is 29.9 Å². The van der Waals surface area contributed by atoms with Crippen molar-refractivity contribution in [2.75, 3.05) is 7.05 Å². The Kier molecular flexibility index (Phi) is 7.58. The minimum absolute atomic E-state index is 0. The van der Waals surface area contributed by atoms with Crippen LogP contribution in [0.5, 0.6) is 0 Å². The molecule has 0 aliphatic rings. The van der Waals surface area contributed by atoms with Crippen LogP contribution in [0.25, 0.3) is 11.3 Å². The summed E-state index contributed by atoms with van der Waals surface area (Å²) < 4.78 is 12.9. The number of H-pyrrole nitrogens is 1. The Morgan fingerprint density at radius 2 is 1.73 bits per heavy atom. The summed E-state index contributed by atoms with van der Waals surface area (Å²) in [5.41, 5.74) is 3.06. The van der Waals surface area contributed by atoms with Crippen LogP contribution in [0, 0.1) is 5.82 Å². The maximum absolute atomic E-state index is 12.9. The van der Waals surface area contributed by atoms with Gasteiger partial charge in [0.05, 0.1) is 18.4 Å². The Labute approximate surface area is 169 Å². The number of aromatic nitrogens is 2. The fraction of sp³-hybridized carbons (Fsp3) is 0.158. The van der Waals surface area contributed by atoms with Crippen LogP contribution in [0.1, 0.15) is 11.4 Å². The summed E-state index contributed by atoms with van der Waals surface area (Å²) in [5, 5.41) is 6.39. The predicted octanol–water partition coefficient (Wildman–Crippen LogP) is 3.70. The molecule has 3 aromatic rings. The van der Waals surface area contributed by atoms with E-state index in [0.717, 1.165) is 22.6 Å². The number of nitrogens with zero attached hydrogens (tertiary/aromatic N) is 2. The lowest BCUT2D eigenvalue weighted by molar-refractivity contribution is 0.626. The summed E-state index contributed by atoms with van der Waals surface area (Å²) in [4.78, 5) is 11.9. The summed E-state index contributed by atoms with van der Waals surface area (Å²) in [5.74, 6) is 1.24. The molecule has 136 valence electrons. The molecule has 7 heteroatoms. The third kappa shape index (κ3) is 5.55. The van der Waals surface area contributed by atoms with Crippen LogP contribution in [0.2, 0.25) is 0 Å². The first kappa shape index (κ1) is 19.9. The van der Waals surface area contributed by atoms with Crippen molar-refractivity contribution in [1.29, 1.82) is 0 Å². The van der Waals surface area contributed by atoms with Gasteiger partial charge in [-0.1, -0.05) is 42.5 Å². The van der Waals surface area contributed by atoms with E-state index in [4.69, 9.17) is 0 Å². The molecule has 26 heavy (non-hydrogen) atoms. The standard InChI is InChI=1S/C19H20FN5.HI/c1-21-19(23-11-14-7-9-16(20)10-8-14)24-13-18-22-12-17(25-18)15-5-3-2-4-6-15;/h2-10,12H,11,13H2,1H3,(H,22,25)(H2,21,23,24);1H. The Balaban J connectivity index is 0.00000243. The molecule has 1 aromatic heterocycles. The first-order chi connectivity index (χ1) is 12.2. The van der Waals surface area contributed by atoms with E-state index >= 15 is 0 Å². The van der Waals surface area contributed by atoms with Crippen LogP contribution in [0.3, 0.4) is 0 Å². The van der Waals surface area contributed by atoms with E-state index in [9.17, 15) is 4.39 Å². The van der Waals surface area contributed by atoms with E-state index in [0.29, 0.717) is 19.0 Å². The van der Waals surface area contributed by atoms with Gasteiger partial charge in [-0.25, -0.2) is 9.37 Å². The number of hydrogen-bond acceptors (Lipinski definition) is 2. The van der Waals surface area contributed by atoms with Crippen molar-refractivity contribution in [1.82, 2.24) is 20.6 Å². The SMILES string of the molecule is CN=C(NCc1ccc(F)cc1)NCc1ncc(-c2ccccc2)[nH]1.I. The van der Waals surface area contributed by atoms with Gasteiger partial charge in [0.1, 0.15) is 11.6 Å². The monoisotopic (exact) mass is 465 g/mol. The van der Waals surface area contributed by atoms with Crippen LogP contribution in [-0.2, 0) is 13.1 Å². The molecule has 0 saturated heterocycles. The minimum atomic E-state index is -0.238. The molecule has 0 aliphatic heterocycles. The van der Waals surface area contributed by atoms with Crippen LogP contribution in [0.15, 0.2) is 65.8 Å². The Morgan fingerprint density at radius 3 is 2.42 bits per heavy atom. The van der Waals surface area contributed by atoms with Crippen LogP contribution in [0.4, 0.5) is 4.39 Å². The molecular weight excluding hydrogens is 444 g/mol. The number of halogens is 2. The molecule has 0 spiro atoms. The summed E-state index contributed by atoms with van der Waals surface area (Å²) in [6.45, 7) is 1.09. The molecule has 0 saturated carbocycles. The van der Waals surface area contributed by atoms with E-state index in [1.807, 2.05) is 36.5 Å². The molecule has 0 bridgehead atoms. The lowest BCUT2D eigenvalue weighted by atomic mass is 10.2. The second kappa shape index (κ2) is 9.91. The number of aromatic amines is 1. The zero-order valence-corrected chi connectivity index (χ0v) is 16.7. The predicted molar refractivity (Wildman–Crippen MR) is 113 cm³/mol. The third-order valence-corrected chi connectivity index (χ3v) is 3.73. The van der Waals surface area contributed by atoms with Crippen molar-refractivity contribution in [2.24, 2.45) is 4.99 Å². The number of nitrogens with one attached hydrogen (secondary N) is 3. The average molecular weight is 465 g/mol. The van der Waals surface area contributed by atoms with Crippen molar-refractivity contribution in [2.45, 2.75) is 13.1 Å². The van der Waals surface area contributed by atoms with E-state index < -0.39 is 0 Å². The number of rotatable bonds is 5. The first-order valence-electron chi connectivity index (χ1n) is 8.03. The second-order valence-corrected chi connectivity index (χ2v) is 5.52. The lowest BCUT2D eigenvalue weighted by Gasteiger charge is -2.11. The molecule has 0 atom stereocenters. The zero-order chi connectivity index (χ0) is 17.5. The number of benzene rings is 2. The van der Waals surface area contributed by atoms with Gasteiger partial charge < -0.3 is 15.6 Å². The highest BCUT2D eigenvalue weighted by Gasteiger charge is 2.04. The fourth-order valence-electron chi connectivity index (χ4n) is 2.39. The molecule has 1 heterocycles. The van der Waals surface area contributed by atoms with Crippen molar-refractivity contribution in [3.05, 3.63) is 78.0 Å². The smallest absolute Gasteiger partial charge is 0.191 e. The van der Waals surface area contributed by atoms with Crippen molar-refractivity contribution in [3.8, 4) is 11.3 Å². The molecule has 3 rings (SSSR count). The highest BCUT2D eigenvalue weighted by molar-refractivity contribution is 14.0. The average Bonchev–Trinajstić information content (AvgIpc) is 3.13. The van der Waals surface area contributed by atoms with Crippen molar-refractivity contribution in [3.63, 3.8) is 0 Å². The van der Waals surface area contributed by atoms with E-state index in [1.54, 1.807) is 19.2 Å². The van der Waals surface area contributed by atoms with Gasteiger partial charge >= 0.3 is 0 Å². The van der Waals surface area contributed by atoms with Gasteiger partial charge in [-0.3, -0.25) is 4.99 Å². The number of hydrogen-bond donors (Lipinski definition) is 3. The fourth-order valence-corrected chi connectivity index (χ4v) is 2.39. The Hall–Kier alpha value is -2.42. The van der Waals surface area contributed by atoms with E-state index in [1.165, 1.54) is 12.1 Å². The Morgan fingerprint density at radius 1 is 1.04 bits per heavy atom. The second-order valence-electron chi connectivity index (χ2n) is 5.52. The molecule has 0 amide bonds. The van der Waals surface area contributed by atoms with E-state index in [-0.39, 0.29) is 29.8 Å². The minimum Gasteiger partial charge on any atom is -0.352 e. The van der Waals surface area contributed by atoms with E-state index in [2.05, 4.69) is 25.6 Å². The van der Waals surface area contributed by atoms with Crippen LogP contribution < -0.4 is 10.6 Å². The quantitative estimate of drug-likeness (QED) is 0.306. The zero-order valence-electron chi connectivity index (χ0n) is 14.4. The molecule has 2 aromatic carbocycles. The molecule has 3 N–H and O–H groups in total. The summed E-state index contributed by atoms with van der Waals surface area (Å²) in [6.07, 6.45) is 1.82. The Bertz CT molecular complexity index is 831. The first-order valence-corrected chi connectivity index (χ1v) is 8.03. The number of aliphatic imine (C=N–C) groups is 1. The molecule has 5 nitrogen and oxygen atoms in total. The van der Waals surface area contributed by atoms with Gasteiger partial charge in [0, 0.05) is 13.6 Å². The van der Waals surface area contributed by atoms with Gasteiger partial charge in [0.2, 0.25) is 0 Å². The van der Waals surface area contributed by atoms with Crippen LogP contribution in [-0.4, -0.2) is 23.0 Å². The van der Waals surface area contributed by atoms with Gasteiger partial charge in [0.25, 0.3) is 0 Å². The highest BCUT2D eigenvalue weighted by Crippen LogP contribution is 2.15. The molecule has 0 unspecified atom stereocenters. The highest BCUT2D eigenvalue weighted by atomic mass is 127. The van der Waals surface area contributed by atoms with Crippen LogP contribution >= 0.6 is 24.0 Å². The maximum atomic E-state index is 12.9. The third-order valence-electron chi connectivity index (χ3n) is 3.73. The summed E-state index contributed by atoms with van der Waals surface area (Å²) in [7, 11) is 1.71. The van der Waals surface area contributed by atoms with Gasteiger partial charge in [-0.2, -0.15) is 0 Å². The normalized spacial score (nSPS) is 10.9. The largest absolute Gasteiger partial charge is 0.352 e. The molecule has 0 fully saturated rings. The summed E-state index contributed by atoms with van der Waals surface area (Å²) in [6, 6.07) is 16.4. The summed E-state index contributed by atoms with van der Waals surface area (Å²) >= 11 is 0. The van der Waals surface area contributed by atoms with Gasteiger partial charge in [0.15, 0.2) is 5.96 Å². The van der Waals surface area contributed by atoms with Gasteiger partial charge in [-0.15, -0.1) is 24.0 Å². The molecule has 0 radical (unpaired) electrons. The maximum Gasteiger partial charge on any atom is 0.191 e. The van der Waals surface area contributed by atoms with Gasteiger partial charge in [-0.05, 0) is 23.3 Å². The number of guanidine groups is 1. The van der Waals surface area contributed by atoms with Crippen molar-refractivity contribution < 1.29 is 4.39 Å². The molecule has 0 aliphatic carbocycles. The molecular formula is C19H21FIN5.